The lowest BCUT2D eigenvalue weighted by Gasteiger charge is -2.31. The van der Waals surface area contributed by atoms with Crippen molar-refractivity contribution in [1.29, 1.82) is 0 Å². The van der Waals surface area contributed by atoms with Gasteiger partial charge in [-0.25, -0.2) is 0 Å². The van der Waals surface area contributed by atoms with Crippen LogP contribution in [0.3, 0.4) is 0 Å². The van der Waals surface area contributed by atoms with Crippen LogP contribution >= 0.6 is 0 Å². The van der Waals surface area contributed by atoms with E-state index in [9.17, 15) is 9.59 Å². The van der Waals surface area contributed by atoms with E-state index in [4.69, 9.17) is 4.74 Å². The average molecular weight is 318 g/mol. The second-order valence-corrected chi connectivity index (χ2v) is 6.15. The van der Waals surface area contributed by atoms with Gasteiger partial charge in [-0.3, -0.25) is 9.59 Å². The number of carbonyl (C=O) groups excluding carboxylic acids is 2. The van der Waals surface area contributed by atoms with Crippen LogP contribution < -0.4 is 5.32 Å². The second kappa shape index (κ2) is 8.67. The zero-order chi connectivity index (χ0) is 16.7. The molecule has 0 radical (unpaired) electrons. The standard InChI is InChI=1S/C18H26N2O3/c1-14-12-16(8-10-19-14)18(22)20(13-17(21)23-2)11-9-15-6-4-3-5-7-15/h3-7,14,16,19H,8-13H2,1-2H3/t14-,16-/m0/s1. The number of piperidine rings is 1. The van der Waals surface area contributed by atoms with Crippen LogP contribution in [-0.2, 0) is 20.7 Å². The minimum Gasteiger partial charge on any atom is -0.468 e. The van der Waals surface area contributed by atoms with Crippen LogP contribution in [0.25, 0.3) is 0 Å². The first-order chi connectivity index (χ1) is 11.1. The van der Waals surface area contributed by atoms with Crippen molar-refractivity contribution in [3.63, 3.8) is 0 Å². The number of hydrogen-bond acceptors (Lipinski definition) is 4. The van der Waals surface area contributed by atoms with Gasteiger partial charge in [0, 0.05) is 18.5 Å². The summed E-state index contributed by atoms with van der Waals surface area (Å²) in [4.78, 5) is 26.1. The van der Waals surface area contributed by atoms with Crippen LogP contribution in [0, 0.1) is 5.92 Å². The lowest BCUT2D eigenvalue weighted by Crippen LogP contribution is -2.46. The summed E-state index contributed by atoms with van der Waals surface area (Å²) >= 11 is 0. The minimum absolute atomic E-state index is 0.00770. The van der Waals surface area contributed by atoms with Crippen molar-refractivity contribution >= 4 is 11.9 Å². The van der Waals surface area contributed by atoms with Gasteiger partial charge in [0.25, 0.3) is 0 Å². The summed E-state index contributed by atoms with van der Waals surface area (Å²) in [6.07, 6.45) is 2.39. The van der Waals surface area contributed by atoms with E-state index in [1.165, 1.54) is 7.11 Å². The molecule has 0 aromatic heterocycles. The molecule has 0 unspecified atom stereocenters. The molecule has 1 aliphatic heterocycles. The largest absolute Gasteiger partial charge is 0.468 e. The van der Waals surface area contributed by atoms with Gasteiger partial charge in [-0.15, -0.1) is 0 Å². The molecule has 1 fully saturated rings. The summed E-state index contributed by atoms with van der Waals surface area (Å²) in [7, 11) is 1.36. The third-order valence-corrected chi connectivity index (χ3v) is 4.35. The van der Waals surface area contributed by atoms with Gasteiger partial charge in [-0.05, 0) is 38.3 Å². The van der Waals surface area contributed by atoms with Crippen molar-refractivity contribution in [3.8, 4) is 0 Å². The number of nitrogens with one attached hydrogen (secondary N) is 1. The molecule has 1 aromatic rings. The topological polar surface area (TPSA) is 58.6 Å². The predicted molar refractivity (Wildman–Crippen MR) is 88.9 cm³/mol. The Hall–Kier alpha value is -1.88. The number of esters is 1. The quantitative estimate of drug-likeness (QED) is 0.810. The Morgan fingerprint density at radius 3 is 2.70 bits per heavy atom. The van der Waals surface area contributed by atoms with E-state index in [0.29, 0.717) is 12.6 Å². The Morgan fingerprint density at radius 1 is 1.30 bits per heavy atom. The highest BCUT2D eigenvalue weighted by Gasteiger charge is 2.29. The van der Waals surface area contributed by atoms with Crippen LogP contribution in [0.1, 0.15) is 25.3 Å². The Bertz CT molecular complexity index is 518. The van der Waals surface area contributed by atoms with Crippen molar-refractivity contribution in [2.24, 2.45) is 5.92 Å². The summed E-state index contributed by atoms with van der Waals surface area (Å²) in [5.41, 5.74) is 1.16. The molecule has 23 heavy (non-hydrogen) atoms. The first-order valence-electron chi connectivity index (χ1n) is 8.23. The SMILES string of the molecule is COC(=O)CN(CCc1ccccc1)C(=O)[C@H]1CCN[C@@H](C)C1. The molecular weight excluding hydrogens is 292 g/mol. The van der Waals surface area contributed by atoms with Crippen LogP contribution in [0.2, 0.25) is 0 Å². The fraction of sp³-hybridized carbons (Fsp3) is 0.556. The number of amides is 1. The van der Waals surface area contributed by atoms with E-state index in [1.54, 1.807) is 4.90 Å². The summed E-state index contributed by atoms with van der Waals surface area (Å²) in [6.45, 7) is 3.51. The van der Waals surface area contributed by atoms with Crippen molar-refractivity contribution in [3.05, 3.63) is 35.9 Å². The molecule has 5 nitrogen and oxygen atoms in total. The van der Waals surface area contributed by atoms with E-state index in [2.05, 4.69) is 12.2 Å². The highest BCUT2D eigenvalue weighted by Crippen LogP contribution is 2.19. The van der Waals surface area contributed by atoms with Crippen LogP contribution in [-0.4, -0.2) is 49.6 Å². The average Bonchev–Trinajstić information content (AvgIpc) is 2.58. The van der Waals surface area contributed by atoms with Crippen LogP contribution in [0.5, 0.6) is 0 Å². The zero-order valence-corrected chi connectivity index (χ0v) is 14.0. The summed E-state index contributed by atoms with van der Waals surface area (Å²) in [5.74, 6) is -0.306. The molecule has 0 bridgehead atoms. The third-order valence-electron chi connectivity index (χ3n) is 4.35. The Kier molecular flexibility index (Phi) is 6.59. The molecule has 5 heteroatoms. The van der Waals surface area contributed by atoms with E-state index >= 15 is 0 Å². The van der Waals surface area contributed by atoms with Gasteiger partial charge in [-0.2, -0.15) is 0 Å². The van der Waals surface area contributed by atoms with Crippen LogP contribution in [0.4, 0.5) is 0 Å². The Labute approximate surface area is 138 Å². The number of rotatable bonds is 6. The summed E-state index contributed by atoms with van der Waals surface area (Å²) < 4.78 is 4.75. The molecular formula is C18H26N2O3. The summed E-state index contributed by atoms with van der Waals surface area (Å²) in [5, 5.41) is 3.35. The Morgan fingerprint density at radius 2 is 2.04 bits per heavy atom. The minimum atomic E-state index is -0.367. The van der Waals surface area contributed by atoms with Gasteiger partial charge in [0.05, 0.1) is 7.11 Å². The number of benzene rings is 1. The Balaban J connectivity index is 2.00. The normalized spacial score (nSPS) is 20.8. The predicted octanol–water partition coefficient (Wildman–Crippen LogP) is 1.62. The third kappa shape index (κ3) is 5.36. The number of ether oxygens (including phenoxy) is 1. The first kappa shape index (κ1) is 17.5. The molecule has 126 valence electrons. The van der Waals surface area contributed by atoms with E-state index < -0.39 is 0 Å². The molecule has 2 atom stereocenters. The number of nitrogens with zero attached hydrogens (tertiary/aromatic N) is 1. The molecule has 0 saturated carbocycles. The number of hydrogen-bond donors (Lipinski definition) is 1. The maximum Gasteiger partial charge on any atom is 0.325 e. The molecule has 1 saturated heterocycles. The molecule has 0 aliphatic carbocycles. The highest BCUT2D eigenvalue weighted by atomic mass is 16.5. The molecule has 2 rings (SSSR count). The molecule has 1 N–H and O–H groups in total. The van der Waals surface area contributed by atoms with Crippen molar-refractivity contribution in [2.45, 2.75) is 32.2 Å². The number of methoxy groups -OCH3 is 1. The van der Waals surface area contributed by atoms with Gasteiger partial charge in [0.1, 0.15) is 6.54 Å². The molecule has 0 spiro atoms. The van der Waals surface area contributed by atoms with E-state index in [-0.39, 0.29) is 24.3 Å². The fourth-order valence-corrected chi connectivity index (χ4v) is 3.01. The zero-order valence-electron chi connectivity index (χ0n) is 14.0. The van der Waals surface area contributed by atoms with Gasteiger partial charge >= 0.3 is 5.97 Å². The molecule has 1 amide bonds. The van der Waals surface area contributed by atoms with Crippen molar-refractivity contribution in [1.82, 2.24) is 10.2 Å². The molecule has 1 aliphatic rings. The summed E-state index contributed by atoms with van der Waals surface area (Å²) in [6, 6.07) is 10.3. The first-order valence-corrected chi connectivity index (χ1v) is 8.23. The van der Waals surface area contributed by atoms with Crippen LogP contribution in [0.15, 0.2) is 30.3 Å². The lowest BCUT2D eigenvalue weighted by atomic mass is 9.92. The molecule has 1 aromatic carbocycles. The molecule has 1 heterocycles. The number of carbonyl (C=O) groups is 2. The van der Waals surface area contributed by atoms with Gasteiger partial charge in [0.15, 0.2) is 0 Å². The monoisotopic (exact) mass is 318 g/mol. The van der Waals surface area contributed by atoms with Gasteiger partial charge < -0.3 is 15.0 Å². The van der Waals surface area contributed by atoms with E-state index in [1.807, 2.05) is 30.3 Å². The van der Waals surface area contributed by atoms with Crippen molar-refractivity contribution < 1.29 is 14.3 Å². The second-order valence-electron chi connectivity index (χ2n) is 6.15. The van der Waals surface area contributed by atoms with Gasteiger partial charge in [0.2, 0.25) is 5.91 Å². The van der Waals surface area contributed by atoms with Crippen molar-refractivity contribution in [2.75, 3.05) is 26.7 Å². The maximum atomic E-state index is 12.8. The highest BCUT2D eigenvalue weighted by molar-refractivity contribution is 5.83. The van der Waals surface area contributed by atoms with E-state index in [0.717, 1.165) is 31.4 Å². The maximum absolute atomic E-state index is 12.8. The lowest BCUT2D eigenvalue weighted by molar-refractivity contribution is -0.149. The smallest absolute Gasteiger partial charge is 0.325 e. The van der Waals surface area contributed by atoms with Gasteiger partial charge in [-0.1, -0.05) is 30.3 Å². The fourth-order valence-electron chi connectivity index (χ4n) is 3.01.